The summed E-state index contributed by atoms with van der Waals surface area (Å²) in [4.78, 5) is 4.52. The van der Waals surface area contributed by atoms with Gasteiger partial charge in [0, 0.05) is 25.4 Å². The van der Waals surface area contributed by atoms with E-state index in [0.717, 1.165) is 19.4 Å². The Labute approximate surface area is 176 Å². The van der Waals surface area contributed by atoms with Crippen LogP contribution in [0.1, 0.15) is 51.2 Å². The first-order valence-corrected chi connectivity index (χ1v) is 11.0. The van der Waals surface area contributed by atoms with Crippen molar-refractivity contribution in [1.29, 1.82) is 0 Å². The molecule has 0 atom stereocenters. The Morgan fingerprint density at radius 2 is 1.77 bits per heavy atom. The number of guanidine groups is 1. The molecule has 26 heavy (non-hydrogen) atoms. The van der Waals surface area contributed by atoms with Gasteiger partial charge in [0.2, 0.25) is 0 Å². The third-order valence-electron chi connectivity index (χ3n) is 4.03. The molecule has 0 bridgehead atoms. The fourth-order valence-electron chi connectivity index (χ4n) is 2.35. The van der Waals surface area contributed by atoms with E-state index < -0.39 is 9.84 Å². The molecular formula is C19H34IN3O2S. The Hall–Kier alpha value is -0.830. The van der Waals surface area contributed by atoms with E-state index in [1.807, 2.05) is 6.92 Å². The molecule has 0 fully saturated rings. The van der Waals surface area contributed by atoms with Crippen LogP contribution in [-0.4, -0.2) is 45.5 Å². The van der Waals surface area contributed by atoms with Gasteiger partial charge in [-0.1, -0.05) is 45.0 Å². The molecule has 0 aromatic heterocycles. The number of hydrogen-bond acceptors (Lipinski definition) is 3. The SMILES string of the molecule is CCNC(=NCCCc1ccc(C(C)C)cc1)NCCS(=O)(=O)CC.I. The van der Waals surface area contributed by atoms with Crippen LogP contribution in [0.5, 0.6) is 0 Å². The first-order valence-electron chi connectivity index (χ1n) is 9.19. The zero-order chi connectivity index (χ0) is 18.7. The highest BCUT2D eigenvalue weighted by molar-refractivity contribution is 14.0. The van der Waals surface area contributed by atoms with Crippen molar-refractivity contribution in [1.82, 2.24) is 10.6 Å². The number of hydrogen-bond donors (Lipinski definition) is 2. The van der Waals surface area contributed by atoms with Crippen molar-refractivity contribution in [2.75, 3.05) is 31.1 Å². The van der Waals surface area contributed by atoms with Crippen LogP contribution in [0, 0.1) is 0 Å². The van der Waals surface area contributed by atoms with Gasteiger partial charge in [-0.25, -0.2) is 8.42 Å². The number of aryl methyl sites for hydroxylation is 1. The molecule has 0 aliphatic heterocycles. The number of benzene rings is 1. The Balaban J connectivity index is 0.00000625. The number of nitrogens with one attached hydrogen (secondary N) is 2. The lowest BCUT2D eigenvalue weighted by atomic mass is 10.0. The molecule has 1 aromatic carbocycles. The van der Waals surface area contributed by atoms with Crippen LogP contribution in [0.2, 0.25) is 0 Å². The summed E-state index contributed by atoms with van der Waals surface area (Å²) in [7, 11) is -2.95. The Kier molecular flexibility index (Phi) is 12.9. The van der Waals surface area contributed by atoms with Crippen LogP contribution in [0.3, 0.4) is 0 Å². The van der Waals surface area contributed by atoms with Crippen LogP contribution < -0.4 is 10.6 Å². The molecule has 1 aromatic rings. The molecule has 0 amide bonds. The quantitative estimate of drug-likeness (QED) is 0.226. The molecule has 0 unspecified atom stereocenters. The summed E-state index contributed by atoms with van der Waals surface area (Å²) in [5, 5.41) is 6.24. The minimum Gasteiger partial charge on any atom is -0.357 e. The molecule has 0 spiro atoms. The van der Waals surface area contributed by atoms with E-state index in [0.29, 0.717) is 25.0 Å². The molecular weight excluding hydrogens is 461 g/mol. The summed E-state index contributed by atoms with van der Waals surface area (Å²) in [5.74, 6) is 1.56. The third kappa shape index (κ3) is 10.4. The summed E-state index contributed by atoms with van der Waals surface area (Å²) < 4.78 is 23.0. The van der Waals surface area contributed by atoms with Crippen molar-refractivity contribution in [2.45, 2.75) is 46.5 Å². The second-order valence-electron chi connectivity index (χ2n) is 6.42. The summed E-state index contributed by atoms with van der Waals surface area (Å²) in [6.07, 6.45) is 1.95. The number of aliphatic imine (C=N–C) groups is 1. The average molecular weight is 495 g/mol. The highest BCUT2D eigenvalue weighted by Gasteiger charge is 2.07. The Bertz CT molecular complexity index is 629. The van der Waals surface area contributed by atoms with Crippen LogP contribution >= 0.6 is 24.0 Å². The molecule has 0 aliphatic carbocycles. The van der Waals surface area contributed by atoms with E-state index in [9.17, 15) is 8.42 Å². The summed E-state index contributed by atoms with van der Waals surface area (Å²) in [5.41, 5.74) is 2.69. The monoisotopic (exact) mass is 495 g/mol. The fourth-order valence-corrected chi connectivity index (χ4v) is 3.06. The molecule has 0 aliphatic rings. The minimum absolute atomic E-state index is 0. The largest absolute Gasteiger partial charge is 0.357 e. The Morgan fingerprint density at radius 3 is 2.31 bits per heavy atom. The first-order chi connectivity index (χ1) is 11.9. The molecule has 1 rings (SSSR count). The Morgan fingerprint density at radius 1 is 1.12 bits per heavy atom. The highest BCUT2D eigenvalue weighted by atomic mass is 127. The number of nitrogens with zero attached hydrogens (tertiary/aromatic N) is 1. The zero-order valence-corrected chi connectivity index (χ0v) is 19.6. The van der Waals surface area contributed by atoms with Crippen molar-refractivity contribution >= 4 is 39.8 Å². The van der Waals surface area contributed by atoms with Gasteiger partial charge in [-0.2, -0.15) is 0 Å². The molecule has 7 heteroatoms. The predicted molar refractivity (Wildman–Crippen MR) is 123 cm³/mol. The second-order valence-corrected chi connectivity index (χ2v) is 8.90. The third-order valence-corrected chi connectivity index (χ3v) is 5.74. The first kappa shape index (κ1) is 25.2. The summed E-state index contributed by atoms with van der Waals surface area (Å²) in [6, 6.07) is 8.78. The van der Waals surface area contributed by atoms with E-state index in [1.165, 1.54) is 11.1 Å². The van der Waals surface area contributed by atoms with Crippen molar-refractivity contribution in [2.24, 2.45) is 4.99 Å². The van der Waals surface area contributed by atoms with Gasteiger partial charge in [0.15, 0.2) is 15.8 Å². The van der Waals surface area contributed by atoms with Crippen molar-refractivity contribution in [3.63, 3.8) is 0 Å². The van der Waals surface area contributed by atoms with Gasteiger partial charge in [-0.15, -0.1) is 24.0 Å². The zero-order valence-electron chi connectivity index (χ0n) is 16.4. The van der Waals surface area contributed by atoms with Crippen molar-refractivity contribution in [3.8, 4) is 0 Å². The number of rotatable bonds is 10. The summed E-state index contributed by atoms with van der Waals surface area (Å²) >= 11 is 0. The minimum atomic E-state index is -2.95. The van der Waals surface area contributed by atoms with Gasteiger partial charge in [-0.3, -0.25) is 4.99 Å². The smallest absolute Gasteiger partial charge is 0.191 e. The van der Waals surface area contributed by atoms with E-state index in [2.05, 4.69) is 53.7 Å². The van der Waals surface area contributed by atoms with E-state index in [-0.39, 0.29) is 35.5 Å². The van der Waals surface area contributed by atoms with Crippen LogP contribution in [0.4, 0.5) is 0 Å². The van der Waals surface area contributed by atoms with Crippen molar-refractivity contribution < 1.29 is 8.42 Å². The van der Waals surface area contributed by atoms with Crippen LogP contribution in [-0.2, 0) is 16.3 Å². The molecule has 0 heterocycles. The molecule has 5 nitrogen and oxygen atoms in total. The number of sulfone groups is 1. The average Bonchev–Trinajstić information content (AvgIpc) is 2.59. The van der Waals surface area contributed by atoms with Gasteiger partial charge in [0.25, 0.3) is 0 Å². The van der Waals surface area contributed by atoms with Gasteiger partial charge in [0.05, 0.1) is 5.75 Å². The van der Waals surface area contributed by atoms with Crippen molar-refractivity contribution in [3.05, 3.63) is 35.4 Å². The lowest BCUT2D eigenvalue weighted by molar-refractivity contribution is 0.595. The van der Waals surface area contributed by atoms with Gasteiger partial charge in [0.1, 0.15) is 0 Å². The molecule has 0 radical (unpaired) electrons. The second kappa shape index (κ2) is 13.4. The lowest BCUT2D eigenvalue weighted by Gasteiger charge is -2.11. The maximum atomic E-state index is 11.5. The van der Waals surface area contributed by atoms with E-state index in [1.54, 1.807) is 6.92 Å². The topological polar surface area (TPSA) is 70.6 Å². The normalized spacial score (nSPS) is 12.0. The maximum Gasteiger partial charge on any atom is 0.191 e. The molecule has 0 saturated carbocycles. The van der Waals surface area contributed by atoms with E-state index >= 15 is 0 Å². The van der Waals surface area contributed by atoms with Crippen LogP contribution in [0.25, 0.3) is 0 Å². The summed E-state index contributed by atoms with van der Waals surface area (Å²) in [6.45, 7) is 9.91. The maximum absolute atomic E-state index is 11.5. The van der Waals surface area contributed by atoms with Crippen LogP contribution in [0.15, 0.2) is 29.3 Å². The molecule has 0 saturated heterocycles. The highest BCUT2D eigenvalue weighted by Crippen LogP contribution is 2.15. The lowest BCUT2D eigenvalue weighted by Crippen LogP contribution is -2.39. The predicted octanol–water partition coefficient (Wildman–Crippen LogP) is 3.35. The molecule has 2 N–H and O–H groups in total. The molecule has 150 valence electrons. The van der Waals surface area contributed by atoms with Gasteiger partial charge >= 0.3 is 0 Å². The fraction of sp³-hybridized carbons (Fsp3) is 0.632. The van der Waals surface area contributed by atoms with Gasteiger partial charge < -0.3 is 10.6 Å². The van der Waals surface area contributed by atoms with E-state index in [4.69, 9.17) is 0 Å². The standard InChI is InChI=1S/C19H33N3O2S.HI/c1-5-20-19(22-14-15-25(23,24)6-2)21-13-7-8-17-9-11-18(12-10-17)16(3)4;/h9-12,16H,5-8,13-15H2,1-4H3,(H2,20,21,22);1H. The number of halogens is 1. The van der Waals surface area contributed by atoms with Gasteiger partial charge in [-0.05, 0) is 36.8 Å².